The molecule has 0 aliphatic heterocycles. The molecule has 0 aliphatic rings. The fourth-order valence-corrected chi connectivity index (χ4v) is 2.03. The molecule has 3 N–H and O–H groups in total. The van der Waals surface area contributed by atoms with Gasteiger partial charge in [-0.2, -0.15) is 0 Å². The lowest BCUT2D eigenvalue weighted by Gasteiger charge is -2.04. The lowest BCUT2D eigenvalue weighted by atomic mass is 10.3. The second kappa shape index (κ2) is 5.68. The molecule has 98 valence electrons. The Hall–Kier alpha value is -2.12. The van der Waals surface area contributed by atoms with Crippen LogP contribution in [-0.2, 0) is 0 Å². The van der Waals surface area contributed by atoms with Crippen molar-refractivity contribution in [1.82, 2.24) is 4.98 Å². The topological polar surface area (TPSA) is 91.3 Å². The van der Waals surface area contributed by atoms with Gasteiger partial charge < -0.3 is 10.4 Å². The predicted octanol–water partition coefficient (Wildman–Crippen LogP) is 3.14. The van der Waals surface area contributed by atoms with Gasteiger partial charge in [0.05, 0.1) is 0 Å². The Morgan fingerprint density at radius 3 is 2.47 bits per heavy atom. The molecule has 1 heterocycles. The zero-order chi connectivity index (χ0) is 13.8. The first-order valence-corrected chi connectivity index (χ1v) is 6.33. The number of thiazole rings is 1. The summed E-state index contributed by atoms with van der Waals surface area (Å²) in [5, 5.41) is 15.8. The van der Waals surface area contributed by atoms with Gasteiger partial charge in [0, 0.05) is 16.1 Å². The molecule has 0 saturated heterocycles. The van der Waals surface area contributed by atoms with E-state index < -0.39 is 12.0 Å². The summed E-state index contributed by atoms with van der Waals surface area (Å²) in [6.45, 7) is 0. The molecule has 0 bridgehead atoms. The molecular weight excluding hydrogens is 290 g/mol. The lowest BCUT2D eigenvalue weighted by molar-refractivity contribution is 0.0691. The molecule has 2 rings (SSSR count). The number of rotatable bonds is 3. The van der Waals surface area contributed by atoms with Crippen molar-refractivity contribution >= 4 is 45.8 Å². The highest BCUT2D eigenvalue weighted by atomic mass is 35.5. The Bertz CT molecular complexity index is 612. The third kappa shape index (κ3) is 3.67. The number of amides is 2. The normalized spacial score (nSPS) is 9.95. The molecule has 1 aromatic carbocycles. The number of carbonyl (C=O) groups excluding carboxylic acids is 1. The van der Waals surface area contributed by atoms with Crippen LogP contribution >= 0.6 is 22.9 Å². The largest absolute Gasteiger partial charge is 0.476 e. The van der Waals surface area contributed by atoms with Gasteiger partial charge in [-0.25, -0.2) is 14.6 Å². The van der Waals surface area contributed by atoms with Gasteiger partial charge in [0.2, 0.25) is 0 Å². The maximum Gasteiger partial charge on any atom is 0.355 e. The monoisotopic (exact) mass is 297 g/mol. The van der Waals surface area contributed by atoms with Crippen molar-refractivity contribution in [2.45, 2.75) is 0 Å². The maximum atomic E-state index is 11.6. The fourth-order valence-electron chi connectivity index (χ4n) is 1.22. The summed E-state index contributed by atoms with van der Waals surface area (Å²) in [5.41, 5.74) is 0.462. The van der Waals surface area contributed by atoms with Crippen LogP contribution in [0.25, 0.3) is 0 Å². The number of benzene rings is 1. The Morgan fingerprint density at radius 1 is 1.21 bits per heavy atom. The molecular formula is C11H8ClN3O3S. The number of nitrogens with one attached hydrogen (secondary N) is 2. The van der Waals surface area contributed by atoms with Crippen LogP contribution in [0.5, 0.6) is 0 Å². The fraction of sp³-hybridized carbons (Fsp3) is 0. The Kier molecular flexibility index (Phi) is 3.98. The molecule has 0 spiro atoms. The van der Waals surface area contributed by atoms with Gasteiger partial charge in [0.15, 0.2) is 10.8 Å². The first-order valence-electron chi connectivity index (χ1n) is 5.07. The van der Waals surface area contributed by atoms with Crippen LogP contribution < -0.4 is 10.6 Å². The van der Waals surface area contributed by atoms with Gasteiger partial charge in [-0.05, 0) is 24.3 Å². The summed E-state index contributed by atoms with van der Waals surface area (Å²) < 4.78 is 0. The number of hydrogen-bond donors (Lipinski definition) is 3. The highest BCUT2D eigenvalue weighted by Gasteiger charge is 2.10. The average molecular weight is 298 g/mol. The first kappa shape index (κ1) is 13.3. The quantitative estimate of drug-likeness (QED) is 0.811. The number of aromatic nitrogens is 1. The molecule has 2 amide bonds. The molecule has 19 heavy (non-hydrogen) atoms. The molecule has 0 saturated carbocycles. The number of carboxylic acid groups (broad SMARTS) is 1. The summed E-state index contributed by atoms with van der Waals surface area (Å²) in [6.07, 6.45) is 0. The molecule has 2 aromatic rings. The molecule has 1 aromatic heterocycles. The van der Waals surface area contributed by atoms with E-state index in [9.17, 15) is 9.59 Å². The van der Waals surface area contributed by atoms with Crippen molar-refractivity contribution in [3.05, 3.63) is 40.4 Å². The van der Waals surface area contributed by atoms with Gasteiger partial charge in [-0.15, -0.1) is 11.3 Å². The SMILES string of the molecule is O=C(Nc1ccc(Cl)cc1)Nc1nc(C(=O)O)cs1. The van der Waals surface area contributed by atoms with E-state index in [-0.39, 0.29) is 10.8 Å². The van der Waals surface area contributed by atoms with Crippen molar-refractivity contribution in [3.63, 3.8) is 0 Å². The van der Waals surface area contributed by atoms with E-state index in [1.165, 1.54) is 5.38 Å². The molecule has 0 fully saturated rings. The van der Waals surface area contributed by atoms with E-state index in [0.29, 0.717) is 10.7 Å². The number of nitrogens with zero attached hydrogens (tertiary/aromatic N) is 1. The summed E-state index contributed by atoms with van der Waals surface area (Å²) in [5.74, 6) is -1.14. The van der Waals surface area contributed by atoms with Crippen molar-refractivity contribution in [2.24, 2.45) is 0 Å². The van der Waals surface area contributed by atoms with Crippen LogP contribution in [0.1, 0.15) is 10.5 Å². The van der Waals surface area contributed by atoms with Crippen LogP contribution in [0.4, 0.5) is 15.6 Å². The second-order valence-corrected chi connectivity index (χ2v) is 4.72. The third-order valence-corrected chi connectivity index (χ3v) is 3.06. The van der Waals surface area contributed by atoms with Crippen LogP contribution in [-0.4, -0.2) is 22.1 Å². The van der Waals surface area contributed by atoms with Gasteiger partial charge in [0.1, 0.15) is 0 Å². The van der Waals surface area contributed by atoms with Gasteiger partial charge >= 0.3 is 12.0 Å². The van der Waals surface area contributed by atoms with Crippen LogP contribution in [0.3, 0.4) is 0 Å². The number of halogens is 1. The minimum absolute atomic E-state index is 0.105. The molecule has 0 aliphatic carbocycles. The van der Waals surface area contributed by atoms with E-state index in [1.807, 2.05) is 0 Å². The standard InChI is InChI=1S/C11H8ClN3O3S/c12-6-1-3-7(4-2-6)13-10(18)15-11-14-8(5-19-11)9(16)17/h1-5H,(H,16,17)(H2,13,14,15,18). The summed E-state index contributed by atoms with van der Waals surface area (Å²) in [7, 11) is 0. The molecule has 0 atom stereocenters. The summed E-state index contributed by atoms with van der Waals surface area (Å²) >= 11 is 6.75. The highest BCUT2D eigenvalue weighted by Crippen LogP contribution is 2.17. The Labute approximate surface area is 117 Å². The third-order valence-electron chi connectivity index (χ3n) is 2.05. The van der Waals surface area contributed by atoms with E-state index in [0.717, 1.165) is 11.3 Å². The smallest absolute Gasteiger partial charge is 0.355 e. The lowest BCUT2D eigenvalue weighted by Crippen LogP contribution is -2.19. The van der Waals surface area contributed by atoms with Gasteiger partial charge in [0.25, 0.3) is 0 Å². The zero-order valence-electron chi connectivity index (χ0n) is 9.38. The number of hydrogen-bond acceptors (Lipinski definition) is 4. The van der Waals surface area contributed by atoms with Crippen LogP contribution in [0, 0.1) is 0 Å². The second-order valence-electron chi connectivity index (χ2n) is 3.43. The zero-order valence-corrected chi connectivity index (χ0v) is 11.0. The van der Waals surface area contributed by atoms with E-state index >= 15 is 0 Å². The maximum absolute atomic E-state index is 11.6. The first-order chi connectivity index (χ1) is 9.04. The summed E-state index contributed by atoms with van der Waals surface area (Å²) in [4.78, 5) is 26.0. The number of aromatic carboxylic acids is 1. The van der Waals surface area contributed by atoms with E-state index in [4.69, 9.17) is 16.7 Å². The van der Waals surface area contributed by atoms with Crippen molar-refractivity contribution < 1.29 is 14.7 Å². The van der Waals surface area contributed by atoms with Gasteiger partial charge in [-0.3, -0.25) is 5.32 Å². The van der Waals surface area contributed by atoms with E-state index in [2.05, 4.69) is 15.6 Å². The Balaban J connectivity index is 1.97. The Morgan fingerprint density at radius 2 is 1.89 bits per heavy atom. The highest BCUT2D eigenvalue weighted by molar-refractivity contribution is 7.14. The number of urea groups is 1. The minimum atomic E-state index is -1.14. The number of carbonyl (C=O) groups is 2. The molecule has 8 heteroatoms. The average Bonchev–Trinajstić information content (AvgIpc) is 2.80. The van der Waals surface area contributed by atoms with E-state index in [1.54, 1.807) is 24.3 Å². The molecule has 6 nitrogen and oxygen atoms in total. The number of anilines is 2. The van der Waals surface area contributed by atoms with Gasteiger partial charge in [-0.1, -0.05) is 11.6 Å². The predicted molar refractivity (Wildman–Crippen MR) is 73.2 cm³/mol. The number of carboxylic acids is 1. The van der Waals surface area contributed by atoms with Crippen LogP contribution in [0.15, 0.2) is 29.6 Å². The molecule has 0 radical (unpaired) electrons. The van der Waals surface area contributed by atoms with Crippen LogP contribution in [0.2, 0.25) is 5.02 Å². The molecule has 0 unspecified atom stereocenters. The summed E-state index contributed by atoms with van der Waals surface area (Å²) in [6, 6.07) is 6.07. The van der Waals surface area contributed by atoms with Crippen molar-refractivity contribution in [2.75, 3.05) is 10.6 Å². The minimum Gasteiger partial charge on any atom is -0.476 e. The van der Waals surface area contributed by atoms with Crippen molar-refractivity contribution in [3.8, 4) is 0 Å². The van der Waals surface area contributed by atoms with Crippen molar-refractivity contribution in [1.29, 1.82) is 0 Å².